The van der Waals surface area contributed by atoms with Gasteiger partial charge in [-0.3, -0.25) is 4.79 Å². The Hall–Kier alpha value is -0.950. The summed E-state index contributed by atoms with van der Waals surface area (Å²) in [7, 11) is 0. The summed E-state index contributed by atoms with van der Waals surface area (Å²) >= 11 is 1.73. The van der Waals surface area contributed by atoms with Gasteiger partial charge in [-0.2, -0.15) is 11.8 Å². The Labute approximate surface area is 170 Å². The topological polar surface area (TPSA) is 59.0 Å². The van der Waals surface area contributed by atoms with E-state index in [9.17, 15) is 4.79 Å². The largest absolute Gasteiger partial charge is 0.352 e. The summed E-state index contributed by atoms with van der Waals surface area (Å²) in [6.07, 6.45) is 6.69. The average molecular weight is 417 g/mol. The van der Waals surface area contributed by atoms with E-state index in [0.717, 1.165) is 35.5 Å². The van der Waals surface area contributed by atoms with Gasteiger partial charge in [0.15, 0.2) is 0 Å². The Morgan fingerprint density at radius 2 is 1.96 bits per heavy atom. The summed E-state index contributed by atoms with van der Waals surface area (Å²) in [5.41, 5.74) is 2.01. The van der Waals surface area contributed by atoms with Gasteiger partial charge in [0.2, 0.25) is 5.91 Å². The number of benzene rings is 1. The van der Waals surface area contributed by atoms with Crippen molar-refractivity contribution in [3.05, 3.63) is 30.1 Å². The number of imidazole rings is 1. The highest BCUT2D eigenvalue weighted by Crippen LogP contribution is 2.27. The normalized spacial score (nSPS) is 24.0. The molecule has 2 bridgehead atoms. The van der Waals surface area contributed by atoms with Gasteiger partial charge in [0.1, 0.15) is 12.4 Å². The van der Waals surface area contributed by atoms with Gasteiger partial charge in [-0.15, -0.1) is 24.8 Å². The fourth-order valence-corrected chi connectivity index (χ4v) is 4.61. The Balaban J connectivity index is 0.00000121. The van der Waals surface area contributed by atoms with Crippen molar-refractivity contribution in [2.45, 2.75) is 56.1 Å². The molecular weight excluding hydrogens is 391 g/mol. The molecule has 4 rings (SSSR count). The third-order valence-corrected chi connectivity index (χ3v) is 5.69. The number of thioether (sulfide) groups is 1. The van der Waals surface area contributed by atoms with E-state index in [-0.39, 0.29) is 30.7 Å². The van der Waals surface area contributed by atoms with Crippen LogP contribution in [0, 0.1) is 0 Å². The number of nitrogens with one attached hydrogen (secondary N) is 2. The lowest BCUT2D eigenvalue weighted by Crippen LogP contribution is -2.48. The smallest absolute Gasteiger partial charge is 0.240 e. The number of nitrogens with zero attached hydrogens (tertiary/aromatic N) is 2. The maximum atomic E-state index is 12.6. The Morgan fingerprint density at radius 3 is 2.65 bits per heavy atom. The molecule has 0 saturated carbocycles. The van der Waals surface area contributed by atoms with Gasteiger partial charge in [-0.05, 0) is 44.1 Å². The molecule has 1 amide bonds. The van der Waals surface area contributed by atoms with E-state index in [4.69, 9.17) is 0 Å². The van der Waals surface area contributed by atoms with Crippen molar-refractivity contribution in [2.75, 3.05) is 6.26 Å². The van der Waals surface area contributed by atoms with Crippen molar-refractivity contribution in [1.29, 1.82) is 0 Å². The first-order chi connectivity index (χ1) is 11.7. The third-order valence-electron chi connectivity index (χ3n) is 5.15. The van der Waals surface area contributed by atoms with E-state index in [0.29, 0.717) is 24.7 Å². The molecule has 2 saturated heterocycles. The zero-order valence-electron chi connectivity index (χ0n) is 14.8. The molecule has 5 nitrogen and oxygen atoms in total. The summed E-state index contributed by atoms with van der Waals surface area (Å²) in [5, 5.41) is 6.88. The van der Waals surface area contributed by atoms with Crippen LogP contribution in [0.1, 0.15) is 31.5 Å². The highest BCUT2D eigenvalue weighted by molar-refractivity contribution is 7.97. The minimum atomic E-state index is 0. The number of para-hydroxylation sites is 2. The van der Waals surface area contributed by atoms with Crippen LogP contribution < -0.4 is 10.6 Å². The summed E-state index contributed by atoms with van der Waals surface area (Å²) in [5.74, 6) is 1.90. The third kappa shape index (κ3) is 4.47. The predicted molar refractivity (Wildman–Crippen MR) is 113 cm³/mol. The molecule has 8 heteroatoms. The van der Waals surface area contributed by atoms with Gasteiger partial charge in [0.05, 0.1) is 16.8 Å². The van der Waals surface area contributed by atoms with Crippen LogP contribution in [0.2, 0.25) is 0 Å². The highest BCUT2D eigenvalue weighted by atomic mass is 35.5. The molecule has 26 heavy (non-hydrogen) atoms. The minimum Gasteiger partial charge on any atom is -0.352 e. The maximum absolute atomic E-state index is 12.6. The quantitative estimate of drug-likeness (QED) is 0.785. The van der Waals surface area contributed by atoms with Crippen molar-refractivity contribution in [3.63, 3.8) is 0 Å². The molecule has 0 spiro atoms. The minimum absolute atomic E-state index is 0. The molecule has 2 unspecified atom stereocenters. The lowest BCUT2D eigenvalue weighted by Gasteiger charge is -2.29. The van der Waals surface area contributed by atoms with Gasteiger partial charge in [0.25, 0.3) is 0 Å². The van der Waals surface area contributed by atoms with Crippen LogP contribution in [0.25, 0.3) is 11.0 Å². The van der Waals surface area contributed by atoms with Crippen LogP contribution in [-0.4, -0.2) is 39.8 Å². The number of aromatic nitrogens is 2. The molecule has 1 aromatic carbocycles. The first kappa shape index (κ1) is 21.4. The monoisotopic (exact) mass is 416 g/mol. The second-order valence-electron chi connectivity index (χ2n) is 6.91. The molecule has 1 aromatic heterocycles. The summed E-state index contributed by atoms with van der Waals surface area (Å²) in [4.78, 5) is 17.3. The fraction of sp³-hybridized carbons (Fsp3) is 0.556. The second-order valence-corrected chi connectivity index (χ2v) is 7.78. The van der Waals surface area contributed by atoms with Crippen LogP contribution in [-0.2, 0) is 17.1 Å². The molecular formula is C18H26Cl2N4OS. The molecule has 144 valence electrons. The van der Waals surface area contributed by atoms with Crippen molar-refractivity contribution >= 4 is 53.5 Å². The van der Waals surface area contributed by atoms with E-state index in [2.05, 4.69) is 26.4 Å². The molecule has 2 aliphatic rings. The van der Waals surface area contributed by atoms with Crippen LogP contribution in [0.5, 0.6) is 0 Å². The van der Waals surface area contributed by atoms with Gasteiger partial charge in [0, 0.05) is 18.1 Å². The molecule has 3 heterocycles. The van der Waals surface area contributed by atoms with Crippen LogP contribution in [0.15, 0.2) is 24.3 Å². The molecule has 2 aromatic rings. The molecule has 0 aliphatic carbocycles. The first-order valence-corrected chi connectivity index (χ1v) is 10.1. The van der Waals surface area contributed by atoms with Crippen LogP contribution in [0.4, 0.5) is 0 Å². The summed E-state index contributed by atoms with van der Waals surface area (Å²) in [6, 6.07) is 9.56. The second kappa shape index (κ2) is 9.31. The maximum Gasteiger partial charge on any atom is 0.240 e. The average Bonchev–Trinajstić information content (AvgIpc) is 3.08. The molecule has 0 radical (unpaired) electrons. The lowest BCUT2D eigenvalue weighted by molar-refractivity contribution is -0.122. The number of halogens is 2. The van der Waals surface area contributed by atoms with Crippen molar-refractivity contribution in [1.82, 2.24) is 20.2 Å². The van der Waals surface area contributed by atoms with Crippen LogP contribution >= 0.6 is 36.6 Å². The van der Waals surface area contributed by atoms with E-state index >= 15 is 0 Å². The van der Waals surface area contributed by atoms with Gasteiger partial charge in [-0.1, -0.05) is 12.1 Å². The van der Waals surface area contributed by atoms with E-state index in [1.165, 1.54) is 12.8 Å². The number of piperidine rings is 1. The lowest BCUT2D eigenvalue weighted by atomic mass is 10.00. The fourth-order valence-electron chi connectivity index (χ4n) is 4.13. The standard InChI is InChI=1S/C18H24N4OS.2ClH/c1-24-11-17-21-15-4-2-3-5-16(15)22(17)10-18(23)20-14-8-12-6-7-13(9-14)19-12;;/h2-5,12-14,19H,6-11H2,1H3,(H,20,23);2*1H. The first-order valence-electron chi connectivity index (χ1n) is 8.71. The number of fused-ring (bicyclic) bond motifs is 3. The Bertz CT molecular complexity index is 742. The van der Waals surface area contributed by atoms with E-state index < -0.39 is 0 Å². The van der Waals surface area contributed by atoms with Gasteiger partial charge >= 0.3 is 0 Å². The molecule has 2 atom stereocenters. The number of hydrogen-bond donors (Lipinski definition) is 2. The van der Waals surface area contributed by atoms with Gasteiger partial charge < -0.3 is 15.2 Å². The van der Waals surface area contributed by atoms with E-state index in [1.54, 1.807) is 11.8 Å². The van der Waals surface area contributed by atoms with Gasteiger partial charge in [-0.25, -0.2) is 4.98 Å². The predicted octanol–water partition coefficient (Wildman–Crippen LogP) is 3.14. The van der Waals surface area contributed by atoms with Crippen molar-refractivity contribution < 1.29 is 4.79 Å². The number of carbonyl (C=O) groups is 1. The number of rotatable bonds is 5. The molecule has 2 N–H and O–H groups in total. The Morgan fingerprint density at radius 1 is 1.27 bits per heavy atom. The van der Waals surface area contributed by atoms with Crippen molar-refractivity contribution in [2.24, 2.45) is 0 Å². The zero-order chi connectivity index (χ0) is 16.5. The summed E-state index contributed by atoms with van der Waals surface area (Å²) < 4.78 is 2.07. The molecule has 2 fully saturated rings. The Kier molecular flexibility index (Phi) is 7.64. The van der Waals surface area contributed by atoms with E-state index in [1.807, 2.05) is 24.3 Å². The highest BCUT2D eigenvalue weighted by Gasteiger charge is 2.34. The zero-order valence-corrected chi connectivity index (χ0v) is 17.3. The summed E-state index contributed by atoms with van der Waals surface area (Å²) in [6.45, 7) is 0.357. The number of amides is 1. The SMILES string of the molecule is CSCc1nc2ccccc2n1CC(=O)NC1CC2CCC(C1)N2.Cl.Cl. The van der Waals surface area contributed by atoms with Crippen molar-refractivity contribution in [3.8, 4) is 0 Å². The number of carbonyl (C=O) groups excluding carboxylic acids is 1. The van der Waals surface area contributed by atoms with Crippen LogP contribution in [0.3, 0.4) is 0 Å². The molecule has 2 aliphatic heterocycles. The number of hydrogen-bond acceptors (Lipinski definition) is 4.